The minimum atomic E-state index is -0.665. The zero-order valence-corrected chi connectivity index (χ0v) is 10.1. The molecule has 14 heavy (non-hydrogen) atoms. The highest BCUT2D eigenvalue weighted by molar-refractivity contribution is 14.1. The molecule has 2 amide bonds. The average molecular weight is 326 g/mol. The Morgan fingerprint density at radius 1 is 1.50 bits per heavy atom. The molecule has 1 aromatic rings. The molecule has 0 aliphatic heterocycles. The summed E-state index contributed by atoms with van der Waals surface area (Å²) in [5.74, 6) is 0. The number of nitrogens with two attached hydrogens (primary N) is 1. The van der Waals surface area contributed by atoms with Crippen LogP contribution in [0.25, 0.3) is 0 Å². The molecule has 3 N–H and O–H groups in total. The molecule has 0 spiro atoms. The predicted octanol–water partition coefficient (Wildman–Crippen LogP) is 1.72. The summed E-state index contributed by atoms with van der Waals surface area (Å²) in [6.07, 6.45) is 1.55. The standard InChI is InChI=1S/C8H8IN3O.ClH/c9-7-4-2-1-3-6(7)5-11-12-8(10)13;/h1-5H,(H3,10,12,13);1H/b11-5+;. The molecule has 0 saturated carbocycles. The van der Waals surface area contributed by atoms with Crippen LogP contribution < -0.4 is 11.2 Å². The molecule has 76 valence electrons. The smallest absolute Gasteiger partial charge is 0.332 e. The topological polar surface area (TPSA) is 67.5 Å². The van der Waals surface area contributed by atoms with E-state index in [4.69, 9.17) is 5.73 Å². The van der Waals surface area contributed by atoms with Crippen LogP contribution in [0.3, 0.4) is 0 Å². The van der Waals surface area contributed by atoms with Gasteiger partial charge in [0.1, 0.15) is 0 Å². The first kappa shape index (κ1) is 13.2. The second-order valence-corrected chi connectivity index (χ2v) is 3.42. The third kappa shape index (κ3) is 4.43. The van der Waals surface area contributed by atoms with Crippen LogP contribution in [0, 0.1) is 3.57 Å². The van der Waals surface area contributed by atoms with E-state index in [1.165, 1.54) is 0 Å². The van der Waals surface area contributed by atoms with Gasteiger partial charge in [-0.05, 0) is 28.7 Å². The molecule has 0 unspecified atom stereocenters. The molecule has 0 atom stereocenters. The van der Waals surface area contributed by atoms with Gasteiger partial charge in [-0.2, -0.15) is 5.10 Å². The van der Waals surface area contributed by atoms with E-state index in [2.05, 4.69) is 33.1 Å². The summed E-state index contributed by atoms with van der Waals surface area (Å²) in [5.41, 5.74) is 7.90. The lowest BCUT2D eigenvalue weighted by Crippen LogP contribution is -2.24. The van der Waals surface area contributed by atoms with Crippen LogP contribution in [0.15, 0.2) is 29.4 Å². The first-order chi connectivity index (χ1) is 6.20. The number of halogens is 2. The molecule has 0 radical (unpaired) electrons. The highest BCUT2D eigenvalue weighted by Crippen LogP contribution is 2.08. The molecule has 1 rings (SSSR count). The zero-order chi connectivity index (χ0) is 9.68. The Morgan fingerprint density at radius 3 is 2.71 bits per heavy atom. The number of carbonyl (C=O) groups excluding carboxylic acids is 1. The van der Waals surface area contributed by atoms with Crippen LogP contribution in [0.1, 0.15) is 5.56 Å². The Morgan fingerprint density at radius 2 is 2.14 bits per heavy atom. The minimum absolute atomic E-state index is 0. The maximum atomic E-state index is 10.3. The van der Waals surface area contributed by atoms with Gasteiger partial charge in [0.05, 0.1) is 6.21 Å². The number of amides is 2. The van der Waals surface area contributed by atoms with Gasteiger partial charge >= 0.3 is 6.03 Å². The first-order valence-electron chi connectivity index (χ1n) is 3.53. The quantitative estimate of drug-likeness (QED) is 0.485. The summed E-state index contributed by atoms with van der Waals surface area (Å²) >= 11 is 2.18. The van der Waals surface area contributed by atoms with Gasteiger partial charge in [0.15, 0.2) is 0 Å². The normalized spacial score (nSPS) is 9.50. The van der Waals surface area contributed by atoms with E-state index in [9.17, 15) is 4.79 Å². The van der Waals surface area contributed by atoms with Crippen LogP contribution in [0.5, 0.6) is 0 Å². The van der Waals surface area contributed by atoms with E-state index >= 15 is 0 Å². The lowest BCUT2D eigenvalue weighted by molar-refractivity contribution is 0.249. The molecule has 1 aromatic carbocycles. The van der Waals surface area contributed by atoms with Gasteiger partial charge < -0.3 is 5.73 Å². The molecule has 4 nitrogen and oxygen atoms in total. The fraction of sp³-hybridized carbons (Fsp3) is 0. The number of benzene rings is 1. The number of urea groups is 1. The van der Waals surface area contributed by atoms with Crippen molar-refractivity contribution in [1.29, 1.82) is 0 Å². The highest BCUT2D eigenvalue weighted by atomic mass is 127. The molecular weight excluding hydrogens is 316 g/mol. The molecule has 0 aliphatic rings. The van der Waals surface area contributed by atoms with Gasteiger partial charge in [-0.1, -0.05) is 18.2 Å². The summed E-state index contributed by atoms with van der Waals surface area (Å²) in [4.78, 5) is 10.3. The number of hydrogen-bond donors (Lipinski definition) is 2. The Labute approximate surface area is 101 Å². The second-order valence-electron chi connectivity index (χ2n) is 2.26. The van der Waals surface area contributed by atoms with E-state index in [0.29, 0.717) is 0 Å². The first-order valence-corrected chi connectivity index (χ1v) is 4.61. The Balaban J connectivity index is 0.00000169. The average Bonchev–Trinajstić information content (AvgIpc) is 2.08. The summed E-state index contributed by atoms with van der Waals surface area (Å²) in [7, 11) is 0. The lowest BCUT2D eigenvalue weighted by Gasteiger charge is -1.95. The van der Waals surface area contributed by atoms with Gasteiger partial charge in [0, 0.05) is 9.13 Å². The summed E-state index contributed by atoms with van der Waals surface area (Å²) in [6.45, 7) is 0. The van der Waals surface area contributed by atoms with Crippen LogP contribution >= 0.6 is 35.0 Å². The number of nitrogens with one attached hydrogen (secondary N) is 1. The summed E-state index contributed by atoms with van der Waals surface area (Å²) < 4.78 is 1.06. The molecule has 0 heterocycles. The minimum Gasteiger partial charge on any atom is -0.350 e. The fourth-order valence-corrected chi connectivity index (χ4v) is 1.27. The lowest BCUT2D eigenvalue weighted by atomic mass is 10.2. The van der Waals surface area contributed by atoms with Crippen LogP contribution in [-0.4, -0.2) is 12.2 Å². The van der Waals surface area contributed by atoms with Crippen molar-refractivity contribution in [3.05, 3.63) is 33.4 Å². The number of carbonyl (C=O) groups is 1. The van der Waals surface area contributed by atoms with Gasteiger partial charge in [-0.25, -0.2) is 10.2 Å². The largest absolute Gasteiger partial charge is 0.350 e. The van der Waals surface area contributed by atoms with E-state index in [-0.39, 0.29) is 12.4 Å². The van der Waals surface area contributed by atoms with Crippen molar-refractivity contribution in [2.75, 3.05) is 0 Å². The summed E-state index contributed by atoms with van der Waals surface area (Å²) in [5, 5.41) is 3.65. The van der Waals surface area contributed by atoms with Crippen molar-refractivity contribution in [2.45, 2.75) is 0 Å². The third-order valence-electron chi connectivity index (χ3n) is 1.28. The molecular formula is C8H9ClIN3O. The van der Waals surface area contributed by atoms with Gasteiger partial charge in [-0.15, -0.1) is 12.4 Å². The Kier molecular flexibility index (Phi) is 6.22. The van der Waals surface area contributed by atoms with Crippen molar-refractivity contribution < 1.29 is 4.79 Å². The highest BCUT2D eigenvalue weighted by Gasteiger charge is 1.93. The number of rotatable bonds is 2. The maximum Gasteiger partial charge on any atom is 0.332 e. The van der Waals surface area contributed by atoms with Crippen molar-refractivity contribution >= 4 is 47.2 Å². The number of hydrogen-bond acceptors (Lipinski definition) is 2. The Hall–Kier alpha value is -0.820. The van der Waals surface area contributed by atoms with Crippen LogP contribution in [0.2, 0.25) is 0 Å². The van der Waals surface area contributed by atoms with E-state index in [0.717, 1.165) is 9.13 Å². The van der Waals surface area contributed by atoms with Crippen LogP contribution in [-0.2, 0) is 0 Å². The Bertz CT molecular complexity index is 343. The van der Waals surface area contributed by atoms with E-state index in [1.54, 1.807) is 6.21 Å². The number of primary amides is 1. The molecule has 0 saturated heterocycles. The van der Waals surface area contributed by atoms with E-state index < -0.39 is 6.03 Å². The zero-order valence-electron chi connectivity index (χ0n) is 7.11. The van der Waals surface area contributed by atoms with Crippen LogP contribution in [0.4, 0.5) is 4.79 Å². The molecule has 0 bridgehead atoms. The predicted molar refractivity (Wildman–Crippen MR) is 66.7 cm³/mol. The molecule has 0 aromatic heterocycles. The molecule has 0 aliphatic carbocycles. The van der Waals surface area contributed by atoms with Crippen molar-refractivity contribution in [3.8, 4) is 0 Å². The molecule has 0 fully saturated rings. The third-order valence-corrected chi connectivity index (χ3v) is 2.27. The van der Waals surface area contributed by atoms with Gasteiger partial charge in [0.25, 0.3) is 0 Å². The monoisotopic (exact) mass is 325 g/mol. The second kappa shape index (κ2) is 6.61. The number of nitrogens with zero attached hydrogens (tertiary/aromatic N) is 1. The van der Waals surface area contributed by atoms with Gasteiger partial charge in [-0.3, -0.25) is 0 Å². The molecule has 6 heteroatoms. The number of hydrazone groups is 1. The fourth-order valence-electron chi connectivity index (χ4n) is 0.745. The van der Waals surface area contributed by atoms with E-state index in [1.807, 2.05) is 24.3 Å². The SMILES string of the molecule is Cl.NC(=O)N/N=C/c1ccccc1I. The van der Waals surface area contributed by atoms with Crippen molar-refractivity contribution in [3.63, 3.8) is 0 Å². The maximum absolute atomic E-state index is 10.3. The summed E-state index contributed by atoms with van der Waals surface area (Å²) in [6, 6.07) is 7.01. The van der Waals surface area contributed by atoms with Gasteiger partial charge in [0.2, 0.25) is 0 Å². The van der Waals surface area contributed by atoms with Crippen molar-refractivity contribution in [2.24, 2.45) is 10.8 Å². The van der Waals surface area contributed by atoms with Crippen molar-refractivity contribution in [1.82, 2.24) is 5.43 Å².